The number of carbonyl (C=O) groups is 4. The fraction of sp³-hybridized carbons (Fsp3) is 0.243. The molecular formula is C37H41Cl2N3O9S2. The van der Waals surface area contributed by atoms with Crippen LogP contribution in [0.25, 0.3) is 0 Å². The maximum absolute atomic E-state index is 12.6. The summed E-state index contributed by atoms with van der Waals surface area (Å²) in [5.41, 5.74) is 6.57. The van der Waals surface area contributed by atoms with E-state index in [1.807, 2.05) is 41.5 Å². The molecule has 0 atom stereocenters. The van der Waals surface area contributed by atoms with Crippen molar-refractivity contribution in [3.63, 3.8) is 0 Å². The number of Topliss-reactive ketones (excluding diaryl/α,β-unsaturated/α-hetero) is 1. The molecule has 0 amide bonds. The zero-order valence-corrected chi connectivity index (χ0v) is 33.0. The van der Waals surface area contributed by atoms with Gasteiger partial charge in [0.15, 0.2) is 17.3 Å². The fourth-order valence-electron chi connectivity index (χ4n) is 4.21. The normalized spacial score (nSPS) is 11.7. The van der Waals surface area contributed by atoms with Gasteiger partial charge < -0.3 is 10.8 Å². The number of primary sulfonamides is 2. The zero-order chi connectivity index (χ0) is 40.7. The van der Waals surface area contributed by atoms with E-state index >= 15 is 0 Å². The summed E-state index contributed by atoms with van der Waals surface area (Å²) in [5, 5.41) is 18.8. The molecule has 4 aromatic rings. The third-order valence-electron chi connectivity index (χ3n) is 6.55. The van der Waals surface area contributed by atoms with Crippen LogP contribution < -0.4 is 16.0 Å². The Morgan fingerprint density at radius 1 is 0.566 bits per heavy atom. The number of aromatic carboxylic acids is 1. The van der Waals surface area contributed by atoms with E-state index in [2.05, 4.69) is 0 Å². The molecule has 16 heteroatoms. The number of carboxylic acid groups (broad SMARTS) is 1. The van der Waals surface area contributed by atoms with Gasteiger partial charge in [0.25, 0.3) is 0 Å². The number of nitrogens with two attached hydrogens (primary N) is 3. The topological polar surface area (TPSA) is 235 Å². The van der Waals surface area contributed by atoms with Gasteiger partial charge in [-0.1, -0.05) is 80.4 Å². The molecule has 4 rings (SSSR count). The Hall–Kier alpha value is -4.28. The summed E-state index contributed by atoms with van der Waals surface area (Å²) in [6.45, 7) is 11.8. The standard InChI is InChI=1S/C19H20ClNO4S.C14H10ClNO5S.C4H11N/c1-19(2,3)11-16(22)12-4-6-13(7-5-12)18(23)14-8-9-15(20)17(10-14)26(21,24)25;15-11-6-5-10(7-12(11)22(16,20)21)13(17)8-1-3-9(4-2-8)14(18)19;1-4(2,3)5/h4-10H,11H2,1-3H3,(H2,21,24,25);1-7H,(H,18,19)(H2,16,20,21);5H2,1-3H3. The average Bonchev–Trinajstić information content (AvgIpc) is 3.02. The van der Waals surface area contributed by atoms with Crippen molar-refractivity contribution < 1.29 is 41.1 Å². The molecule has 12 nitrogen and oxygen atoms in total. The Labute approximate surface area is 319 Å². The van der Waals surface area contributed by atoms with E-state index in [0.29, 0.717) is 17.5 Å². The van der Waals surface area contributed by atoms with Crippen molar-refractivity contribution >= 4 is 66.6 Å². The van der Waals surface area contributed by atoms with Crippen LogP contribution in [-0.2, 0) is 20.0 Å². The molecule has 0 aromatic heterocycles. The molecule has 0 bridgehead atoms. The highest BCUT2D eigenvalue weighted by Gasteiger charge is 2.20. The minimum absolute atomic E-state index is 0. The van der Waals surface area contributed by atoms with Crippen LogP contribution >= 0.6 is 23.2 Å². The van der Waals surface area contributed by atoms with Gasteiger partial charge in [0.1, 0.15) is 9.79 Å². The monoisotopic (exact) mass is 805 g/mol. The first-order chi connectivity index (χ1) is 24.1. The maximum Gasteiger partial charge on any atom is 0.335 e. The molecule has 4 aromatic carbocycles. The van der Waals surface area contributed by atoms with Crippen LogP contribution in [0.2, 0.25) is 10.0 Å². The first-order valence-corrected chi connectivity index (χ1v) is 19.4. The molecule has 0 saturated carbocycles. The Kier molecular flexibility index (Phi) is 15.0. The third-order valence-corrected chi connectivity index (χ3v) is 9.34. The molecule has 7 N–H and O–H groups in total. The average molecular weight is 807 g/mol. The summed E-state index contributed by atoms with van der Waals surface area (Å²) in [6.07, 6.45) is 0.398. The van der Waals surface area contributed by atoms with Gasteiger partial charge in [0.05, 0.1) is 15.6 Å². The zero-order valence-electron chi connectivity index (χ0n) is 29.8. The molecule has 0 aliphatic carbocycles. The van der Waals surface area contributed by atoms with E-state index in [-0.39, 0.29) is 64.6 Å². The maximum atomic E-state index is 12.6. The van der Waals surface area contributed by atoms with Crippen molar-refractivity contribution in [1.82, 2.24) is 0 Å². The van der Waals surface area contributed by atoms with Crippen LogP contribution in [0.5, 0.6) is 0 Å². The minimum Gasteiger partial charge on any atom is -0.478 e. The quantitative estimate of drug-likeness (QED) is 0.134. The molecule has 0 aliphatic rings. The molecule has 0 saturated heterocycles. The van der Waals surface area contributed by atoms with Crippen LogP contribution in [-0.4, -0.2) is 50.8 Å². The van der Waals surface area contributed by atoms with Gasteiger partial charge in [0.2, 0.25) is 20.0 Å². The van der Waals surface area contributed by atoms with Crippen molar-refractivity contribution in [1.29, 1.82) is 0 Å². The second-order valence-electron chi connectivity index (χ2n) is 14.0. The van der Waals surface area contributed by atoms with Gasteiger partial charge in [-0.25, -0.2) is 31.9 Å². The highest BCUT2D eigenvalue weighted by molar-refractivity contribution is 7.89. The van der Waals surface area contributed by atoms with Crippen molar-refractivity contribution in [2.24, 2.45) is 21.4 Å². The fourth-order valence-corrected chi connectivity index (χ4v) is 6.36. The van der Waals surface area contributed by atoms with Crippen molar-refractivity contribution in [2.45, 2.75) is 63.3 Å². The van der Waals surface area contributed by atoms with Crippen LogP contribution in [0.3, 0.4) is 0 Å². The predicted octanol–water partition coefficient (Wildman–Crippen LogP) is 6.50. The number of hydrogen-bond donors (Lipinski definition) is 4. The van der Waals surface area contributed by atoms with E-state index in [1.165, 1.54) is 48.5 Å². The molecule has 284 valence electrons. The number of carbonyl (C=O) groups excluding carboxylic acids is 3. The van der Waals surface area contributed by atoms with E-state index in [4.69, 9.17) is 44.3 Å². The van der Waals surface area contributed by atoms with E-state index in [9.17, 15) is 36.0 Å². The lowest BCUT2D eigenvalue weighted by Gasteiger charge is -2.16. The molecule has 0 radical (unpaired) electrons. The van der Waals surface area contributed by atoms with E-state index < -0.39 is 31.8 Å². The summed E-state index contributed by atoms with van der Waals surface area (Å²) < 4.78 is 45.9. The number of rotatable bonds is 9. The molecule has 0 spiro atoms. The van der Waals surface area contributed by atoms with Crippen LogP contribution in [0.1, 0.15) is 101 Å². The Bertz CT molecular complexity index is 2220. The van der Waals surface area contributed by atoms with Gasteiger partial charge in [-0.3, -0.25) is 14.4 Å². The SMILES string of the molecule is CC(C)(C)CC(=O)c1ccc(C(=O)c2ccc(Cl)c(S(N)(=O)=O)c2)cc1.CC(C)(C)N.NS(=O)(=O)c1cc(C(=O)c2ccc(C(=O)O)cc2)ccc1Cl. The lowest BCUT2D eigenvalue weighted by molar-refractivity contribution is 0.0695. The largest absolute Gasteiger partial charge is 0.478 e. The van der Waals surface area contributed by atoms with Gasteiger partial charge in [-0.05, 0) is 74.7 Å². The first-order valence-electron chi connectivity index (χ1n) is 15.6. The molecule has 0 fully saturated rings. The lowest BCUT2D eigenvalue weighted by atomic mass is 9.87. The Morgan fingerprint density at radius 3 is 1.13 bits per heavy atom. The number of ketones is 3. The van der Waals surface area contributed by atoms with Gasteiger partial charge in [-0.15, -0.1) is 0 Å². The Morgan fingerprint density at radius 2 is 0.849 bits per heavy atom. The van der Waals surface area contributed by atoms with Gasteiger partial charge in [0, 0.05) is 39.8 Å². The number of benzene rings is 4. The second-order valence-corrected chi connectivity index (χ2v) is 17.9. The van der Waals surface area contributed by atoms with Crippen LogP contribution in [0.4, 0.5) is 0 Å². The van der Waals surface area contributed by atoms with Crippen LogP contribution in [0.15, 0.2) is 94.7 Å². The smallest absolute Gasteiger partial charge is 0.335 e. The van der Waals surface area contributed by atoms with E-state index in [1.54, 1.807) is 24.3 Å². The third kappa shape index (κ3) is 14.6. The van der Waals surface area contributed by atoms with Crippen LogP contribution in [0, 0.1) is 5.41 Å². The summed E-state index contributed by atoms with van der Waals surface area (Å²) in [7, 11) is -8.09. The lowest BCUT2D eigenvalue weighted by Crippen LogP contribution is -2.26. The van der Waals surface area contributed by atoms with Crippen molar-refractivity contribution in [3.05, 3.63) is 128 Å². The number of carboxylic acids is 1. The molecule has 53 heavy (non-hydrogen) atoms. The van der Waals surface area contributed by atoms with Gasteiger partial charge in [-0.2, -0.15) is 0 Å². The van der Waals surface area contributed by atoms with Crippen molar-refractivity contribution in [2.75, 3.05) is 0 Å². The highest BCUT2D eigenvalue weighted by Crippen LogP contribution is 2.25. The number of hydrogen-bond acceptors (Lipinski definition) is 9. The molecule has 0 unspecified atom stereocenters. The Balaban J connectivity index is 0.000000329. The predicted molar refractivity (Wildman–Crippen MR) is 205 cm³/mol. The minimum atomic E-state index is -4.05. The van der Waals surface area contributed by atoms with Gasteiger partial charge >= 0.3 is 5.97 Å². The molecule has 0 aliphatic heterocycles. The summed E-state index contributed by atoms with van der Waals surface area (Å²) in [4.78, 5) is 47.2. The molecular weight excluding hydrogens is 765 g/mol. The second kappa shape index (κ2) is 17.7. The van der Waals surface area contributed by atoms with E-state index in [0.717, 1.165) is 12.1 Å². The summed E-state index contributed by atoms with van der Waals surface area (Å²) in [6, 6.07) is 19.1. The summed E-state index contributed by atoms with van der Waals surface area (Å²) in [5.74, 6) is -1.97. The molecule has 0 heterocycles. The first kappa shape index (κ1) is 44.9. The summed E-state index contributed by atoms with van der Waals surface area (Å²) >= 11 is 11.6. The van der Waals surface area contributed by atoms with Crippen molar-refractivity contribution in [3.8, 4) is 0 Å². The number of halogens is 2. The highest BCUT2D eigenvalue weighted by atomic mass is 35.5. The number of sulfonamides is 2.